The number of amidine groups is 2. The van der Waals surface area contributed by atoms with Crippen LogP contribution in [0.3, 0.4) is 0 Å². The molecule has 0 atom stereocenters. The zero-order chi connectivity index (χ0) is 24.1. The van der Waals surface area contributed by atoms with Crippen LogP contribution in [0.15, 0.2) is 54.7 Å². The molecule has 0 spiro atoms. The first kappa shape index (κ1) is 22.9. The van der Waals surface area contributed by atoms with E-state index >= 15 is 0 Å². The van der Waals surface area contributed by atoms with Gasteiger partial charge in [0, 0.05) is 29.8 Å². The number of H-pyrrole nitrogens is 1. The van der Waals surface area contributed by atoms with Gasteiger partial charge >= 0.3 is 0 Å². The predicted molar refractivity (Wildman–Crippen MR) is 127 cm³/mol. The minimum absolute atomic E-state index is 0.00360. The van der Waals surface area contributed by atoms with Gasteiger partial charge in [-0.05, 0) is 48.5 Å². The third-order valence-electron chi connectivity index (χ3n) is 4.62. The number of aromatic amines is 1. The fourth-order valence-electron chi connectivity index (χ4n) is 3.08. The van der Waals surface area contributed by atoms with Gasteiger partial charge in [-0.3, -0.25) is 20.6 Å². The number of nitrogen functional groups attached to an aromatic ring is 2. The number of rotatable bonds is 5. The number of ether oxygens (including phenoxy) is 1. The maximum atomic E-state index is 9.00. The van der Waals surface area contributed by atoms with Crippen molar-refractivity contribution >= 4 is 28.7 Å². The molecule has 0 unspecified atom stereocenters. The van der Waals surface area contributed by atoms with Crippen LogP contribution in [0.4, 0.5) is 0 Å². The van der Waals surface area contributed by atoms with Gasteiger partial charge in [-0.2, -0.15) is 0 Å². The van der Waals surface area contributed by atoms with Crippen LogP contribution in [0.1, 0.15) is 18.1 Å². The van der Waals surface area contributed by atoms with Gasteiger partial charge in [0.1, 0.15) is 23.2 Å². The highest BCUT2D eigenvalue weighted by Gasteiger charge is 2.14. The Balaban J connectivity index is 0.000000709. The molecule has 0 amide bonds. The van der Waals surface area contributed by atoms with Gasteiger partial charge in [0.25, 0.3) is 5.97 Å². The Morgan fingerprint density at radius 3 is 2.27 bits per heavy atom. The molecule has 33 heavy (non-hydrogen) atoms. The average molecular weight is 445 g/mol. The first-order chi connectivity index (χ1) is 15.7. The number of fused-ring (bicyclic) bond motifs is 1. The fraction of sp³-hybridized carbons (Fsp3) is 0.0870. The lowest BCUT2D eigenvalue weighted by Gasteiger charge is -2.09. The molecule has 168 valence electrons. The van der Waals surface area contributed by atoms with E-state index in [0.717, 1.165) is 29.3 Å². The van der Waals surface area contributed by atoms with Gasteiger partial charge in [-0.25, -0.2) is 4.98 Å². The molecule has 10 heteroatoms. The Morgan fingerprint density at radius 1 is 1.03 bits per heavy atom. The highest BCUT2D eigenvalue weighted by Crippen LogP contribution is 2.33. The largest absolute Gasteiger partial charge is 0.496 e. The summed E-state index contributed by atoms with van der Waals surface area (Å²) in [5, 5.41) is 22.5. The zero-order valence-corrected chi connectivity index (χ0v) is 18.0. The van der Waals surface area contributed by atoms with Crippen molar-refractivity contribution in [1.82, 2.24) is 15.0 Å². The van der Waals surface area contributed by atoms with E-state index in [-0.39, 0.29) is 11.7 Å². The number of nitrogens with one attached hydrogen (secondary N) is 3. The van der Waals surface area contributed by atoms with E-state index in [1.807, 2.05) is 30.3 Å². The quantitative estimate of drug-likeness (QED) is 0.201. The van der Waals surface area contributed by atoms with Crippen molar-refractivity contribution in [2.45, 2.75) is 6.92 Å². The number of carboxylic acid groups (broad SMARTS) is 1. The molecular formula is C23H23N7O3. The normalized spacial score (nSPS) is 10.2. The smallest absolute Gasteiger partial charge is 0.300 e. The summed E-state index contributed by atoms with van der Waals surface area (Å²) in [5.74, 6) is 0.447. The molecule has 0 saturated heterocycles. The number of nitrogens with two attached hydrogens (primary N) is 2. The third-order valence-corrected chi connectivity index (χ3v) is 4.62. The molecule has 2 heterocycles. The fourth-order valence-corrected chi connectivity index (χ4v) is 3.08. The second kappa shape index (κ2) is 9.60. The van der Waals surface area contributed by atoms with Gasteiger partial charge in [-0.1, -0.05) is 0 Å². The number of aliphatic carboxylic acids is 1. The lowest BCUT2D eigenvalue weighted by Crippen LogP contribution is -2.11. The van der Waals surface area contributed by atoms with E-state index in [0.29, 0.717) is 28.2 Å². The predicted octanol–water partition coefficient (Wildman–Crippen LogP) is 2.96. The standard InChI is InChI=1S/C21H19N7O.C2H4O2/c1-29-18-7-4-11(15-5-3-13(10-26-15)20(24)25)8-14(18)21-27-16-6-2-12(19(22)23)9-17(16)28-21;1-2(3)4/h2-10H,1H3,(H3,22,23)(H3,24,25)(H,27,28);1H3,(H,3,4). The molecule has 2 aromatic heterocycles. The van der Waals surface area contributed by atoms with Crippen LogP contribution in [0.2, 0.25) is 0 Å². The van der Waals surface area contributed by atoms with E-state index in [1.54, 1.807) is 31.5 Å². The maximum absolute atomic E-state index is 9.00. The van der Waals surface area contributed by atoms with Crippen molar-refractivity contribution in [3.05, 3.63) is 65.9 Å². The van der Waals surface area contributed by atoms with E-state index in [4.69, 9.17) is 36.9 Å². The first-order valence-electron chi connectivity index (χ1n) is 9.72. The van der Waals surface area contributed by atoms with Gasteiger partial charge in [0.05, 0.1) is 29.4 Å². The molecule has 10 nitrogen and oxygen atoms in total. The Labute approximate surface area is 189 Å². The van der Waals surface area contributed by atoms with Gasteiger partial charge in [0.2, 0.25) is 0 Å². The van der Waals surface area contributed by atoms with Crippen LogP contribution < -0.4 is 16.2 Å². The summed E-state index contributed by atoms with van der Waals surface area (Å²) in [6, 6.07) is 14.7. The summed E-state index contributed by atoms with van der Waals surface area (Å²) in [5.41, 5.74) is 16.2. The number of aromatic nitrogens is 3. The summed E-state index contributed by atoms with van der Waals surface area (Å²) < 4.78 is 5.52. The van der Waals surface area contributed by atoms with Crippen molar-refractivity contribution in [1.29, 1.82) is 10.8 Å². The Morgan fingerprint density at radius 2 is 1.70 bits per heavy atom. The number of imidazole rings is 1. The van der Waals surface area contributed by atoms with E-state index in [2.05, 4.69) is 15.0 Å². The third kappa shape index (κ3) is 5.31. The maximum Gasteiger partial charge on any atom is 0.300 e. The molecule has 8 N–H and O–H groups in total. The van der Waals surface area contributed by atoms with Crippen LogP contribution in [-0.4, -0.2) is 44.8 Å². The molecule has 0 aliphatic rings. The molecule has 0 aliphatic heterocycles. The number of hydrogen-bond donors (Lipinski definition) is 6. The number of methoxy groups -OCH3 is 1. The summed E-state index contributed by atoms with van der Waals surface area (Å²) in [4.78, 5) is 21.3. The molecule has 0 aliphatic carbocycles. The van der Waals surface area contributed by atoms with Crippen molar-refractivity contribution in [3.8, 4) is 28.4 Å². The molecule has 4 aromatic rings. The van der Waals surface area contributed by atoms with Crippen molar-refractivity contribution in [3.63, 3.8) is 0 Å². The highest BCUT2D eigenvalue weighted by molar-refractivity contribution is 5.98. The minimum Gasteiger partial charge on any atom is -0.496 e. The molecular weight excluding hydrogens is 422 g/mol. The van der Waals surface area contributed by atoms with E-state index < -0.39 is 5.97 Å². The Bertz CT molecular complexity index is 1340. The molecule has 0 radical (unpaired) electrons. The minimum atomic E-state index is -0.833. The average Bonchev–Trinajstić information content (AvgIpc) is 3.21. The van der Waals surface area contributed by atoms with Gasteiger partial charge in [0.15, 0.2) is 0 Å². The van der Waals surface area contributed by atoms with Crippen molar-refractivity contribution in [2.24, 2.45) is 11.5 Å². The van der Waals surface area contributed by atoms with Crippen LogP contribution >= 0.6 is 0 Å². The lowest BCUT2D eigenvalue weighted by atomic mass is 10.1. The van der Waals surface area contributed by atoms with Crippen LogP contribution in [0.25, 0.3) is 33.7 Å². The summed E-state index contributed by atoms with van der Waals surface area (Å²) >= 11 is 0. The van der Waals surface area contributed by atoms with Gasteiger partial charge in [-0.15, -0.1) is 0 Å². The zero-order valence-electron chi connectivity index (χ0n) is 18.0. The van der Waals surface area contributed by atoms with E-state index in [9.17, 15) is 0 Å². The Kier molecular flexibility index (Phi) is 6.68. The number of carbonyl (C=O) groups is 1. The molecule has 0 saturated carbocycles. The number of pyridine rings is 1. The SMILES string of the molecule is CC(=O)O.COc1ccc(-c2ccc(C(=N)N)cn2)cc1-c1nc2cc(C(=N)N)ccc2[nH]1. The topological polar surface area (TPSA) is 188 Å². The number of hydrogen-bond acceptors (Lipinski definition) is 6. The van der Waals surface area contributed by atoms with Crippen molar-refractivity contribution < 1.29 is 14.6 Å². The molecule has 2 aromatic carbocycles. The van der Waals surface area contributed by atoms with Crippen LogP contribution in [-0.2, 0) is 4.79 Å². The summed E-state index contributed by atoms with van der Waals surface area (Å²) in [7, 11) is 1.61. The summed E-state index contributed by atoms with van der Waals surface area (Å²) in [6.07, 6.45) is 1.58. The number of nitrogens with zero attached hydrogens (tertiary/aromatic N) is 2. The number of benzene rings is 2. The monoisotopic (exact) mass is 445 g/mol. The molecule has 0 bridgehead atoms. The second-order valence-electron chi connectivity index (χ2n) is 7.01. The van der Waals surface area contributed by atoms with E-state index in [1.165, 1.54) is 0 Å². The molecule has 0 fully saturated rings. The second-order valence-corrected chi connectivity index (χ2v) is 7.01. The van der Waals surface area contributed by atoms with Crippen molar-refractivity contribution in [2.75, 3.05) is 7.11 Å². The number of carboxylic acids is 1. The van der Waals surface area contributed by atoms with Gasteiger partial charge < -0.3 is 26.3 Å². The lowest BCUT2D eigenvalue weighted by molar-refractivity contribution is -0.134. The van der Waals surface area contributed by atoms with Crippen LogP contribution in [0, 0.1) is 10.8 Å². The first-order valence-corrected chi connectivity index (χ1v) is 9.72. The summed E-state index contributed by atoms with van der Waals surface area (Å²) in [6.45, 7) is 1.08. The van der Waals surface area contributed by atoms with Crippen LogP contribution in [0.5, 0.6) is 5.75 Å². The Hall–Kier alpha value is -4.73. The highest BCUT2D eigenvalue weighted by atomic mass is 16.5. The molecule has 4 rings (SSSR count).